The zero-order chi connectivity index (χ0) is 24.6. The molecule has 3 rings (SSSR count). The molecular formula is C32H50N2O. The second-order valence-corrected chi connectivity index (χ2v) is 10.8. The fraction of sp³-hybridized carbons (Fsp3) is 0.688. The lowest BCUT2D eigenvalue weighted by Gasteiger charge is -2.28. The molecule has 0 bridgehead atoms. The van der Waals surface area contributed by atoms with Crippen LogP contribution >= 0.6 is 0 Å². The van der Waals surface area contributed by atoms with E-state index in [1.54, 1.807) is 0 Å². The average molecular weight is 479 g/mol. The van der Waals surface area contributed by atoms with Crippen LogP contribution in [0.4, 0.5) is 0 Å². The molecule has 0 N–H and O–H groups in total. The maximum atomic E-state index is 6.02. The van der Waals surface area contributed by atoms with Crippen LogP contribution < -0.4 is 4.74 Å². The number of ether oxygens (including phenoxy) is 1. The Labute approximate surface area is 215 Å². The number of unbranched alkanes of at least 4 members (excludes halogenated alkanes) is 7. The second-order valence-electron chi connectivity index (χ2n) is 10.8. The molecule has 1 aliphatic rings. The van der Waals surface area contributed by atoms with Gasteiger partial charge in [0.2, 0.25) is 0 Å². The van der Waals surface area contributed by atoms with Crippen LogP contribution in [0.15, 0.2) is 36.7 Å². The van der Waals surface area contributed by atoms with Crippen LogP contribution in [0, 0.1) is 11.8 Å². The maximum absolute atomic E-state index is 6.02. The van der Waals surface area contributed by atoms with E-state index < -0.39 is 0 Å². The zero-order valence-electron chi connectivity index (χ0n) is 22.6. The summed E-state index contributed by atoms with van der Waals surface area (Å²) >= 11 is 0. The third-order valence-corrected chi connectivity index (χ3v) is 7.83. The summed E-state index contributed by atoms with van der Waals surface area (Å²) in [5.74, 6) is 3.67. The Balaban J connectivity index is 1.29. The Morgan fingerprint density at radius 2 is 1.29 bits per heavy atom. The molecule has 1 heterocycles. The van der Waals surface area contributed by atoms with E-state index in [0.717, 1.165) is 48.4 Å². The summed E-state index contributed by atoms with van der Waals surface area (Å²) < 4.78 is 6.02. The first-order valence-corrected chi connectivity index (χ1v) is 14.8. The lowest BCUT2D eigenvalue weighted by atomic mass is 9.78. The van der Waals surface area contributed by atoms with Gasteiger partial charge in [-0.3, -0.25) is 0 Å². The van der Waals surface area contributed by atoms with E-state index in [1.165, 1.54) is 102 Å². The van der Waals surface area contributed by atoms with Gasteiger partial charge in [-0.25, -0.2) is 9.97 Å². The highest BCUT2D eigenvalue weighted by atomic mass is 16.5. The Kier molecular flexibility index (Phi) is 13.2. The van der Waals surface area contributed by atoms with Crippen molar-refractivity contribution in [2.75, 3.05) is 6.61 Å². The van der Waals surface area contributed by atoms with E-state index in [4.69, 9.17) is 4.74 Å². The van der Waals surface area contributed by atoms with Crippen LogP contribution in [0.5, 0.6) is 5.75 Å². The normalized spacial score (nSPS) is 18.0. The lowest BCUT2D eigenvalue weighted by Crippen LogP contribution is -2.15. The topological polar surface area (TPSA) is 35.0 Å². The van der Waals surface area contributed by atoms with Gasteiger partial charge in [-0.2, -0.15) is 0 Å². The molecule has 194 valence electrons. The molecule has 0 atom stereocenters. The molecule has 3 nitrogen and oxygen atoms in total. The summed E-state index contributed by atoms with van der Waals surface area (Å²) in [7, 11) is 0. The number of aromatic nitrogens is 2. The third kappa shape index (κ3) is 10.7. The van der Waals surface area contributed by atoms with E-state index in [2.05, 4.69) is 48.1 Å². The van der Waals surface area contributed by atoms with Crippen molar-refractivity contribution in [2.45, 2.75) is 123 Å². The van der Waals surface area contributed by atoms with Gasteiger partial charge in [-0.15, -0.1) is 0 Å². The average Bonchev–Trinajstić information content (AvgIpc) is 2.90. The van der Waals surface area contributed by atoms with Crippen LogP contribution in [-0.4, -0.2) is 16.6 Å². The molecular weight excluding hydrogens is 428 g/mol. The number of hydrogen-bond donors (Lipinski definition) is 0. The van der Waals surface area contributed by atoms with Crippen LogP contribution in [0.1, 0.15) is 122 Å². The number of rotatable bonds is 17. The van der Waals surface area contributed by atoms with E-state index in [1.807, 2.05) is 12.4 Å². The Bertz CT molecular complexity index is 778. The molecule has 0 spiro atoms. The number of hydrogen-bond acceptors (Lipinski definition) is 3. The summed E-state index contributed by atoms with van der Waals surface area (Å²) in [6.45, 7) is 5.41. The van der Waals surface area contributed by atoms with Gasteiger partial charge < -0.3 is 4.74 Å². The SMILES string of the molecule is CCCCCCCCCCc1cnc(-c2ccc(OCCCC3CCC(CCC)CC3)cc2)nc1. The van der Waals surface area contributed by atoms with Crippen LogP contribution in [0.25, 0.3) is 11.4 Å². The van der Waals surface area contributed by atoms with E-state index in [-0.39, 0.29) is 0 Å². The molecule has 1 aromatic heterocycles. The molecule has 0 radical (unpaired) electrons. The van der Waals surface area contributed by atoms with Gasteiger partial charge in [0.15, 0.2) is 5.82 Å². The van der Waals surface area contributed by atoms with Crippen molar-refractivity contribution in [3.8, 4) is 17.1 Å². The minimum atomic E-state index is 0.801. The Morgan fingerprint density at radius 1 is 0.686 bits per heavy atom. The summed E-state index contributed by atoms with van der Waals surface area (Å²) in [6, 6.07) is 8.28. The van der Waals surface area contributed by atoms with Gasteiger partial charge in [0, 0.05) is 18.0 Å². The quantitative estimate of drug-likeness (QED) is 0.212. The standard InChI is InChI=1S/C32H50N2O/c1-3-5-6-7-8-9-10-11-14-29-25-33-32(34-26-29)30-20-22-31(23-21-30)35-24-12-15-28-18-16-27(13-4-2)17-19-28/h20-23,25-28H,3-19,24H2,1-2H3. The van der Waals surface area contributed by atoms with E-state index >= 15 is 0 Å². The molecule has 0 saturated heterocycles. The summed E-state index contributed by atoms with van der Waals surface area (Å²) in [6.07, 6.45) is 26.9. The molecule has 1 fully saturated rings. The predicted molar refractivity (Wildman–Crippen MR) is 149 cm³/mol. The molecule has 35 heavy (non-hydrogen) atoms. The third-order valence-electron chi connectivity index (χ3n) is 7.83. The lowest BCUT2D eigenvalue weighted by molar-refractivity contribution is 0.230. The van der Waals surface area contributed by atoms with Crippen molar-refractivity contribution in [2.24, 2.45) is 11.8 Å². The Hall–Kier alpha value is -1.90. The minimum absolute atomic E-state index is 0.801. The molecule has 0 amide bonds. The van der Waals surface area contributed by atoms with Gasteiger partial charge in [0.1, 0.15) is 5.75 Å². The van der Waals surface area contributed by atoms with Crippen molar-refractivity contribution in [1.82, 2.24) is 9.97 Å². The molecule has 0 unspecified atom stereocenters. The minimum Gasteiger partial charge on any atom is -0.494 e. The first-order chi connectivity index (χ1) is 17.3. The summed E-state index contributed by atoms with van der Waals surface area (Å²) in [5.41, 5.74) is 2.30. The second kappa shape index (κ2) is 16.7. The van der Waals surface area contributed by atoms with Gasteiger partial charge in [0.05, 0.1) is 6.61 Å². The van der Waals surface area contributed by atoms with Crippen LogP contribution in [0.3, 0.4) is 0 Å². The van der Waals surface area contributed by atoms with E-state index in [9.17, 15) is 0 Å². The monoisotopic (exact) mass is 478 g/mol. The summed E-state index contributed by atoms with van der Waals surface area (Å²) in [4.78, 5) is 9.24. The predicted octanol–water partition coefficient (Wildman–Crippen LogP) is 9.59. The highest BCUT2D eigenvalue weighted by Crippen LogP contribution is 2.33. The van der Waals surface area contributed by atoms with Gasteiger partial charge in [0.25, 0.3) is 0 Å². The largest absolute Gasteiger partial charge is 0.494 e. The summed E-state index contributed by atoms with van der Waals surface area (Å²) in [5, 5.41) is 0. The number of nitrogens with zero attached hydrogens (tertiary/aromatic N) is 2. The smallest absolute Gasteiger partial charge is 0.159 e. The molecule has 0 aliphatic heterocycles. The van der Waals surface area contributed by atoms with E-state index in [0.29, 0.717) is 0 Å². The van der Waals surface area contributed by atoms with Crippen molar-refractivity contribution in [1.29, 1.82) is 0 Å². The maximum Gasteiger partial charge on any atom is 0.159 e. The first kappa shape index (κ1) is 27.7. The fourth-order valence-corrected chi connectivity index (χ4v) is 5.58. The number of aryl methyl sites for hydroxylation is 1. The highest BCUT2D eigenvalue weighted by molar-refractivity contribution is 5.55. The molecule has 2 aromatic rings. The van der Waals surface area contributed by atoms with Gasteiger partial charge in [-0.1, -0.05) is 97.3 Å². The Morgan fingerprint density at radius 3 is 1.91 bits per heavy atom. The fourth-order valence-electron chi connectivity index (χ4n) is 5.58. The molecule has 3 heteroatoms. The first-order valence-electron chi connectivity index (χ1n) is 14.8. The number of benzene rings is 1. The van der Waals surface area contributed by atoms with Crippen molar-refractivity contribution < 1.29 is 4.74 Å². The van der Waals surface area contributed by atoms with Gasteiger partial charge in [-0.05, 0) is 67.3 Å². The van der Waals surface area contributed by atoms with Crippen LogP contribution in [-0.2, 0) is 6.42 Å². The van der Waals surface area contributed by atoms with Crippen LogP contribution in [0.2, 0.25) is 0 Å². The van der Waals surface area contributed by atoms with Crippen molar-refractivity contribution in [3.05, 3.63) is 42.2 Å². The van der Waals surface area contributed by atoms with Gasteiger partial charge >= 0.3 is 0 Å². The zero-order valence-corrected chi connectivity index (χ0v) is 22.6. The highest BCUT2D eigenvalue weighted by Gasteiger charge is 2.20. The molecule has 1 aromatic carbocycles. The molecule has 1 aliphatic carbocycles. The molecule has 1 saturated carbocycles. The van der Waals surface area contributed by atoms with Crippen molar-refractivity contribution >= 4 is 0 Å². The van der Waals surface area contributed by atoms with Crippen molar-refractivity contribution in [3.63, 3.8) is 0 Å².